The molecule has 2 rings (SSSR count). The van der Waals surface area contributed by atoms with E-state index in [9.17, 15) is 4.79 Å². The van der Waals surface area contributed by atoms with Crippen molar-refractivity contribution in [2.24, 2.45) is 0 Å². The number of nitrogens with zero attached hydrogens (tertiary/aromatic N) is 2. The molecule has 1 unspecified atom stereocenters. The Morgan fingerprint density at radius 3 is 2.90 bits per heavy atom. The highest BCUT2D eigenvalue weighted by Crippen LogP contribution is 2.11. The number of carbonyl (C=O) groups is 1. The first-order valence-corrected chi connectivity index (χ1v) is 7.25. The average Bonchev–Trinajstić information content (AvgIpc) is 2.93. The number of carbonyl (C=O) groups excluding carboxylic acids is 1. The predicted molar refractivity (Wildman–Crippen MR) is 85.7 cm³/mol. The lowest BCUT2D eigenvalue weighted by atomic mass is 10.1. The molecule has 0 saturated carbocycles. The van der Waals surface area contributed by atoms with Crippen LogP contribution in [0.4, 0.5) is 5.69 Å². The summed E-state index contributed by atoms with van der Waals surface area (Å²) in [7, 11) is 1.64. The van der Waals surface area contributed by atoms with Gasteiger partial charge in [0.1, 0.15) is 0 Å². The van der Waals surface area contributed by atoms with Gasteiger partial charge in [-0.25, -0.2) is 0 Å². The predicted octanol–water partition coefficient (Wildman–Crippen LogP) is 2.01. The summed E-state index contributed by atoms with van der Waals surface area (Å²) in [5.74, 6) is -0.131. The lowest BCUT2D eigenvalue weighted by molar-refractivity contribution is -0.115. The second-order valence-corrected chi connectivity index (χ2v) is 5.30. The monoisotopic (exact) mass is 305 g/mol. The van der Waals surface area contributed by atoms with Crippen molar-refractivity contribution in [1.82, 2.24) is 9.78 Å². The van der Waals surface area contributed by atoms with Crippen molar-refractivity contribution in [3.63, 3.8) is 0 Å². The number of benzene rings is 1. The van der Waals surface area contributed by atoms with E-state index in [1.165, 1.54) is 0 Å². The highest BCUT2D eigenvalue weighted by Gasteiger charge is 2.15. The van der Waals surface area contributed by atoms with E-state index in [1.807, 2.05) is 30.3 Å². The quantitative estimate of drug-likeness (QED) is 0.769. The largest absolute Gasteiger partial charge is 0.383 e. The second kappa shape index (κ2) is 7.85. The van der Waals surface area contributed by atoms with Crippen LogP contribution >= 0.6 is 12.6 Å². The van der Waals surface area contributed by atoms with Gasteiger partial charge in [-0.2, -0.15) is 17.7 Å². The highest BCUT2D eigenvalue weighted by atomic mass is 32.1. The van der Waals surface area contributed by atoms with E-state index in [1.54, 1.807) is 24.2 Å². The Morgan fingerprint density at radius 1 is 1.43 bits per heavy atom. The van der Waals surface area contributed by atoms with Crippen LogP contribution in [0.2, 0.25) is 0 Å². The minimum atomic E-state index is -0.394. The van der Waals surface area contributed by atoms with Gasteiger partial charge in [0, 0.05) is 13.3 Å². The van der Waals surface area contributed by atoms with Crippen LogP contribution in [0.3, 0.4) is 0 Å². The van der Waals surface area contributed by atoms with Crippen LogP contribution in [0.15, 0.2) is 42.7 Å². The summed E-state index contributed by atoms with van der Waals surface area (Å²) in [6.07, 6.45) is 3.99. The minimum absolute atomic E-state index is 0.131. The van der Waals surface area contributed by atoms with Crippen molar-refractivity contribution in [3.8, 4) is 0 Å². The van der Waals surface area contributed by atoms with Crippen molar-refractivity contribution in [3.05, 3.63) is 48.3 Å². The summed E-state index contributed by atoms with van der Waals surface area (Å²) in [6, 6.07) is 9.82. The molecule has 1 N–H and O–H groups in total. The van der Waals surface area contributed by atoms with E-state index in [-0.39, 0.29) is 5.91 Å². The van der Waals surface area contributed by atoms with Crippen LogP contribution in [0.25, 0.3) is 0 Å². The van der Waals surface area contributed by atoms with Gasteiger partial charge in [-0.3, -0.25) is 9.48 Å². The summed E-state index contributed by atoms with van der Waals surface area (Å²) < 4.78 is 6.71. The van der Waals surface area contributed by atoms with Gasteiger partial charge in [-0.15, -0.1) is 0 Å². The first-order valence-electron chi connectivity index (χ1n) is 6.73. The molecule has 1 aromatic heterocycles. The number of hydrogen-bond acceptors (Lipinski definition) is 4. The number of nitrogens with one attached hydrogen (secondary N) is 1. The Hall–Kier alpha value is -1.79. The zero-order valence-electron chi connectivity index (χ0n) is 11.9. The molecule has 0 saturated heterocycles. The SMILES string of the molecule is COCCn1cc(NC(=O)C(S)Cc2ccccc2)cn1. The van der Waals surface area contributed by atoms with Crippen molar-refractivity contribution in [1.29, 1.82) is 0 Å². The zero-order chi connectivity index (χ0) is 15.1. The molecule has 1 amide bonds. The van der Waals surface area contributed by atoms with Gasteiger partial charge in [-0.1, -0.05) is 30.3 Å². The fourth-order valence-electron chi connectivity index (χ4n) is 1.89. The van der Waals surface area contributed by atoms with Crippen LogP contribution in [0.5, 0.6) is 0 Å². The molecule has 0 aliphatic rings. The molecule has 1 atom stereocenters. The molecule has 0 aliphatic carbocycles. The van der Waals surface area contributed by atoms with E-state index >= 15 is 0 Å². The molecule has 21 heavy (non-hydrogen) atoms. The van der Waals surface area contributed by atoms with Gasteiger partial charge < -0.3 is 10.1 Å². The van der Waals surface area contributed by atoms with E-state index in [0.717, 1.165) is 5.56 Å². The fraction of sp³-hybridized carbons (Fsp3) is 0.333. The molecule has 0 spiro atoms. The zero-order valence-corrected chi connectivity index (χ0v) is 12.8. The van der Waals surface area contributed by atoms with E-state index < -0.39 is 5.25 Å². The van der Waals surface area contributed by atoms with Crippen LogP contribution in [-0.4, -0.2) is 34.7 Å². The number of anilines is 1. The Labute approximate surface area is 129 Å². The Balaban J connectivity index is 1.87. The van der Waals surface area contributed by atoms with Gasteiger partial charge >= 0.3 is 0 Å². The number of amides is 1. The molecule has 1 heterocycles. The second-order valence-electron chi connectivity index (χ2n) is 4.68. The number of rotatable bonds is 7. The third-order valence-corrected chi connectivity index (χ3v) is 3.42. The topological polar surface area (TPSA) is 56.1 Å². The molecule has 6 heteroatoms. The molecular weight excluding hydrogens is 286 g/mol. The van der Waals surface area contributed by atoms with Crippen LogP contribution in [0, 0.1) is 0 Å². The smallest absolute Gasteiger partial charge is 0.237 e. The van der Waals surface area contributed by atoms with Crippen LogP contribution in [-0.2, 0) is 22.5 Å². The summed E-state index contributed by atoms with van der Waals surface area (Å²) in [5, 5.41) is 6.57. The number of methoxy groups -OCH3 is 1. The molecule has 0 bridgehead atoms. The van der Waals surface area contributed by atoms with E-state index in [0.29, 0.717) is 25.3 Å². The van der Waals surface area contributed by atoms with Gasteiger partial charge in [0.2, 0.25) is 5.91 Å². The summed E-state index contributed by atoms with van der Waals surface area (Å²) >= 11 is 4.37. The molecule has 0 fully saturated rings. The molecule has 2 aromatic rings. The Bertz CT molecular complexity index is 571. The third kappa shape index (κ3) is 4.91. The van der Waals surface area contributed by atoms with E-state index in [4.69, 9.17) is 4.74 Å². The van der Waals surface area contributed by atoms with Crippen LogP contribution in [0.1, 0.15) is 5.56 Å². The maximum absolute atomic E-state index is 12.1. The van der Waals surface area contributed by atoms with Crippen molar-refractivity contribution >= 4 is 24.2 Å². The maximum Gasteiger partial charge on any atom is 0.237 e. The van der Waals surface area contributed by atoms with Crippen molar-refractivity contribution < 1.29 is 9.53 Å². The third-order valence-electron chi connectivity index (χ3n) is 3.00. The maximum atomic E-state index is 12.1. The lowest BCUT2D eigenvalue weighted by Gasteiger charge is -2.10. The average molecular weight is 305 g/mol. The van der Waals surface area contributed by atoms with E-state index in [2.05, 4.69) is 23.0 Å². The summed E-state index contributed by atoms with van der Waals surface area (Å²) in [4.78, 5) is 12.1. The molecule has 0 radical (unpaired) electrons. The first-order chi connectivity index (χ1) is 10.2. The number of hydrogen-bond donors (Lipinski definition) is 2. The minimum Gasteiger partial charge on any atom is -0.383 e. The standard InChI is InChI=1S/C15H19N3O2S/c1-20-8-7-18-11-13(10-16-18)17-15(19)14(21)9-12-5-3-2-4-6-12/h2-6,10-11,14,21H,7-9H2,1H3,(H,17,19). The molecule has 0 aliphatic heterocycles. The van der Waals surface area contributed by atoms with Gasteiger partial charge in [0.15, 0.2) is 0 Å². The first kappa shape index (κ1) is 15.6. The van der Waals surface area contributed by atoms with Crippen molar-refractivity contribution in [2.75, 3.05) is 19.0 Å². The van der Waals surface area contributed by atoms with Gasteiger partial charge in [0.25, 0.3) is 0 Å². The Morgan fingerprint density at radius 2 is 2.19 bits per heavy atom. The molecular formula is C15H19N3O2S. The van der Waals surface area contributed by atoms with Gasteiger partial charge in [-0.05, 0) is 12.0 Å². The molecule has 1 aromatic carbocycles. The van der Waals surface area contributed by atoms with Gasteiger partial charge in [0.05, 0.1) is 30.3 Å². The Kier molecular flexibility index (Phi) is 5.83. The number of aromatic nitrogens is 2. The fourth-order valence-corrected chi connectivity index (χ4v) is 2.17. The normalized spacial score (nSPS) is 12.1. The number of thiol groups is 1. The summed E-state index contributed by atoms with van der Waals surface area (Å²) in [5.41, 5.74) is 1.76. The summed E-state index contributed by atoms with van der Waals surface area (Å²) in [6.45, 7) is 1.24. The lowest BCUT2D eigenvalue weighted by Crippen LogP contribution is -2.25. The molecule has 112 valence electrons. The van der Waals surface area contributed by atoms with Crippen LogP contribution < -0.4 is 5.32 Å². The molecule has 5 nitrogen and oxygen atoms in total. The van der Waals surface area contributed by atoms with Crippen molar-refractivity contribution in [2.45, 2.75) is 18.2 Å². The highest BCUT2D eigenvalue weighted by molar-refractivity contribution is 7.81. The number of ether oxygens (including phenoxy) is 1.